The smallest absolute Gasteiger partial charge is 0.322 e. The fraction of sp³-hybridized carbons (Fsp3) is 0.0588. The van der Waals surface area contributed by atoms with Crippen molar-refractivity contribution in [3.05, 3.63) is 60.4 Å². The number of pyridine rings is 1. The van der Waals surface area contributed by atoms with Crippen LogP contribution in [-0.2, 0) is 4.79 Å². The van der Waals surface area contributed by atoms with Gasteiger partial charge in [0.2, 0.25) is 5.95 Å². The zero-order chi connectivity index (χ0) is 18.5. The Morgan fingerprint density at radius 1 is 1.15 bits per heavy atom. The number of carboxylic acid groups (broad SMARTS) is 1. The van der Waals surface area contributed by atoms with Crippen LogP contribution in [-0.4, -0.2) is 32.6 Å². The van der Waals surface area contributed by atoms with E-state index in [-0.39, 0.29) is 24.0 Å². The number of aliphatic carboxylic acids is 1. The average Bonchev–Trinajstić information content (AvgIpc) is 2.63. The second kappa shape index (κ2) is 7.51. The van der Waals surface area contributed by atoms with Crippen LogP contribution in [0.15, 0.2) is 48.8 Å². The number of nitrogens with zero attached hydrogens (tertiary/aromatic N) is 3. The van der Waals surface area contributed by atoms with Crippen LogP contribution in [0.1, 0.15) is 0 Å². The molecule has 0 spiro atoms. The first-order valence-corrected chi connectivity index (χ1v) is 7.48. The SMILES string of the molecule is O=C(O)CNc1nc(Nc2ccc(F)cc2F)cc(-c2cccnc2)n1. The Bertz CT molecular complexity index is 938. The van der Waals surface area contributed by atoms with E-state index in [0.717, 1.165) is 12.1 Å². The highest BCUT2D eigenvalue weighted by atomic mass is 19.1. The van der Waals surface area contributed by atoms with Gasteiger partial charge in [0.1, 0.15) is 24.0 Å². The van der Waals surface area contributed by atoms with Gasteiger partial charge in [0.15, 0.2) is 0 Å². The summed E-state index contributed by atoms with van der Waals surface area (Å²) in [4.78, 5) is 23.1. The van der Waals surface area contributed by atoms with Gasteiger partial charge in [0.25, 0.3) is 0 Å². The third-order valence-electron chi connectivity index (χ3n) is 3.28. The molecule has 0 saturated heterocycles. The molecule has 26 heavy (non-hydrogen) atoms. The van der Waals surface area contributed by atoms with E-state index in [2.05, 4.69) is 25.6 Å². The van der Waals surface area contributed by atoms with Gasteiger partial charge in [-0.3, -0.25) is 9.78 Å². The van der Waals surface area contributed by atoms with Crippen molar-refractivity contribution in [1.82, 2.24) is 15.0 Å². The van der Waals surface area contributed by atoms with Crippen LogP contribution in [0.4, 0.5) is 26.2 Å². The Balaban J connectivity index is 1.97. The van der Waals surface area contributed by atoms with Crippen LogP contribution < -0.4 is 10.6 Å². The molecule has 132 valence electrons. The van der Waals surface area contributed by atoms with Gasteiger partial charge >= 0.3 is 5.97 Å². The van der Waals surface area contributed by atoms with Gasteiger partial charge in [-0.1, -0.05) is 0 Å². The van der Waals surface area contributed by atoms with Gasteiger partial charge < -0.3 is 15.7 Å². The maximum absolute atomic E-state index is 13.9. The van der Waals surface area contributed by atoms with E-state index in [1.165, 1.54) is 6.07 Å². The summed E-state index contributed by atoms with van der Waals surface area (Å²) >= 11 is 0. The molecule has 0 fully saturated rings. The van der Waals surface area contributed by atoms with E-state index < -0.39 is 17.6 Å². The zero-order valence-electron chi connectivity index (χ0n) is 13.3. The molecule has 0 aliphatic heterocycles. The average molecular weight is 357 g/mol. The monoisotopic (exact) mass is 357 g/mol. The van der Waals surface area contributed by atoms with Crippen molar-refractivity contribution in [2.75, 3.05) is 17.2 Å². The second-order valence-corrected chi connectivity index (χ2v) is 5.20. The predicted molar refractivity (Wildman–Crippen MR) is 91.0 cm³/mol. The molecule has 9 heteroatoms. The fourth-order valence-corrected chi connectivity index (χ4v) is 2.14. The van der Waals surface area contributed by atoms with Crippen molar-refractivity contribution in [1.29, 1.82) is 0 Å². The minimum absolute atomic E-state index is 0.0198. The maximum atomic E-state index is 13.9. The second-order valence-electron chi connectivity index (χ2n) is 5.20. The van der Waals surface area contributed by atoms with Gasteiger partial charge in [-0.2, -0.15) is 4.98 Å². The number of benzene rings is 1. The van der Waals surface area contributed by atoms with Crippen LogP contribution >= 0.6 is 0 Å². The molecule has 1 aromatic carbocycles. The minimum atomic E-state index is -1.08. The summed E-state index contributed by atoms with van der Waals surface area (Å²) in [6.07, 6.45) is 3.17. The Labute approximate surface area is 146 Å². The zero-order valence-corrected chi connectivity index (χ0v) is 13.3. The molecule has 0 saturated carbocycles. The summed E-state index contributed by atoms with van der Waals surface area (Å²) in [5.74, 6) is -2.32. The highest BCUT2D eigenvalue weighted by Gasteiger charge is 2.10. The van der Waals surface area contributed by atoms with Crippen molar-refractivity contribution in [2.24, 2.45) is 0 Å². The van der Waals surface area contributed by atoms with Gasteiger partial charge in [0.05, 0.1) is 11.4 Å². The van der Waals surface area contributed by atoms with Crippen molar-refractivity contribution in [2.45, 2.75) is 0 Å². The van der Waals surface area contributed by atoms with E-state index in [1.54, 1.807) is 30.6 Å². The van der Waals surface area contributed by atoms with Crippen molar-refractivity contribution in [3.8, 4) is 11.3 Å². The first kappa shape index (κ1) is 17.2. The van der Waals surface area contributed by atoms with E-state index in [1.807, 2.05) is 0 Å². The molecule has 3 aromatic rings. The third-order valence-corrected chi connectivity index (χ3v) is 3.28. The minimum Gasteiger partial charge on any atom is -0.480 e. The van der Waals surface area contributed by atoms with Crippen LogP contribution in [0.5, 0.6) is 0 Å². The maximum Gasteiger partial charge on any atom is 0.322 e. The Morgan fingerprint density at radius 2 is 2.00 bits per heavy atom. The number of aromatic nitrogens is 3. The summed E-state index contributed by atoms with van der Waals surface area (Å²) in [5.41, 5.74) is 1.13. The lowest BCUT2D eigenvalue weighted by Gasteiger charge is -2.11. The van der Waals surface area contributed by atoms with Gasteiger partial charge in [-0.25, -0.2) is 13.8 Å². The highest BCUT2D eigenvalue weighted by Crippen LogP contribution is 2.24. The largest absolute Gasteiger partial charge is 0.480 e. The Kier molecular flexibility index (Phi) is 4.97. The van der Waals surface area contributed by atoms with Crippen molar-refractivity contribution < 1.29 is 18.7 Å². The van der Waals surface area contributed by atoms with E-state index in [0.29, 0.717) is 11.3 Å². The summed E-state index contributed by atoms with van der Waals surface area (Å²) in [6, 6.07) is 8.12. The van der Waals surface area contributed by atoms with Crippen LogP contribution in [0.25, 0.3) is 11.3 Å². The first-order valence-electron chi connectivity index (χ1n) is 7.48. The first-order chi connectivity index (χ1) is 12.5. The molecule has 2 heterocycles. The molecule has 3 rings (SSSR count). The number of rotatable bonds is 6. The van der Waals surface area contributed by atoms with Gasteiger partial charge in [-0.05, 0) is 24.3 Å². The fourth-order valence-electron chi connectivity index (χ4n) is 2.14. The third kappa shape index (κ3) is 4.26. The van der Waals surface area contributed by atoms with Crippen LogP contribution in [0.2, 0.25) is 0 Å². The van der Waals surface area contributed by atoms with Crippen molar-refractivity contribution >= 4 is 23.4 Å². The Morgan fingerprint density at radius 3 is 2.69 bits per heavy atom. The summed E-state index contributed by atoms with van der Waals surface area (Å²) in [6.45, 7) is -0.388. The summed E-state index contributed by atoms with van der Waals surface area (Å²) < 4.78 is 26.9. The van der Waals surface area contributed by atoms with E-state index in [4.69, 9.17) is 5.11 Å². The quantitative estimate of drug-likeness (QED) is 0.623. The van der Waals surface area contributed by atoms with E-state index in [9.17, 15) is 13.6 Å². The lowest BCUT2D eigenvalue weighted by molar-refractivity contribution is -0.134. The number of carboxylic acids is 1. The van der Waals surface area contributed by atoms with Crippen LogP contribution in [0, 0.1) is 11.6 Å². The Hall–Kier alpha value is -3.62. The summed E-state index contributed by atoms with van der Waals surface area (Å²) in [5, 5.41) is 14.1. The summed E-state index contributed by atoms with van der Waals surface area (Å²) in [7, 11) is 0. The number of hydrogen-bond acceptors (Lipinski definition) is 6. The number of anilines is 3. The molecule has 0 amide bonds. The highest BCUT2D eigenvalue weighted by molar-refractivity contribution is 5.73. The van der Waals surface area contributed by atoms with Gasteiger partial charge in [-0.15, -0.1) is 0 Å². The number of halogens is 2. The lowest BCUT2D eigenvalue weighted by atomic mass is 10.2. The number of hydrogen-bond donors (Lipinski definition) is 3. The van der Waals surface area contributed by atoms with Gasteiger partial charge in [0, 0.05) is 30.1 Å². The number of carbonyl (C=O) groups is 1. The topological polar surface area (TPSA) is 100 Å². The normalized spacial score (nSPS) is 10.4. The predicted octanol–water partition coefficient (Wildman–Crippen LogP) is 3.06. The molecule has 3 N–H and O–H groups in total. The molecule has 0 radical (unpaired) electrons. The van der Waals surface area contributed by atoms with Crippen molar-refractivity contribution in [3.63, 3.8) is 0 Å². The molecule has 7 nitrogen and oxygen atoms in total. The molecule has 0 unspecified atom stereocenters. The standard InChI is InChI=1S/C17H13F2N5O2/c18-11-3-4-13(12(19)6-11)22-15-7-14(10-2-1-5-20-8-10)23-17(24-15)21-9-16(25)26/h1-8H,9H2,(H,25,26)(H2,21,22,23,24). The molecule has 0 aliphatic rings. The molecule has 2 aromatic heterocycles. The lowest BCUT2D eigenvalue weighted by Crippen LogP contribution is -2.15. The number of nitrogens with one attached hydrogen (secondary N) is 2. The molecular weight excluding hydrogens is 344 g/mol. The molecule has 0 aliphatic carbocycles. The molecule has 0 bridgehead atoms. The molecule has 0 atom stereocenters. The van der Waals surface area contributed by atoms with Crippen LogP contribution in [0.3, 0.4) is 0 Å². The molecular formula is C17H13F2N5O2. The van der Waals surface area contributed by atoms with E-state index >= 15 is 0 Å².